The second-order valence-electron chi connectivity index (χ2n) is 5.43. The molecular weight excluding hydrogens is 216 g/mol. The summed E-state index contributed by atoms with van der Waals surface area (Å²) in [6.45, 7) is 0. The Bertz CT molecular complexity index is 360. The molecule has 1 saturated carbocycles. The van der Waals surface area contributed by atoms with E-state index in [-0.39, 0.29) is 11.8 Å². The SMILES string of the molecule is CN(C)C(=O)C1=C(C(=O)N(C)C)C2CCC1C2. The Morgan fingerprint density at radius 3 is 1.53 bits per heavy atom. The molecule has 0 aliphatic heterocycles. The molecule has 4 nitrogen and oxygen atoms in total. The Morgan fingerprint density at radius 2 is 1.24 bits per heavy atom. The summed E-state index contributed by atoms with van der Waals surface area (Å²) < 4.78 is 0. The maximum atomic E-state index is 12.2. The highest BCUT2D eigenvalue weighted by molar-refractivity contribution is 6.06. The molecule has 0 heterocycles. The summed E-state index contributed by atoms with van der Waals surface area (Å²) in [6.07, 6.45) is 3.11. The van der Waals surface area contributed by atoms with E-state index in [2.05, 4.69) is 0 Å². The van der Waals surface area contributed by atoms with Gasteiger partial charge < -0.3 is 9.80 Å². The largest absolute Gasteiger partial charge is 0.345 e. The summed E-state index contributed by atoms with van der Waals surface area (Å²) in [5, 5.41) is 0. The monoisotopic (exact) mass is 236 g/mol. The lowest BCUT2D eigenvalue weighted by Gasteiger charge is -2.23. The standard InChI is InChI=1S/C13H20N2O2/c1-14(2)12(16)10-8-5-6-9(7-8)11(10)13(17)15(3)4/h8-9H,5-7H2,1-4H3. The lowest BCUT2D eigenvalue weighted by Crippen LogP contribution is -2.32. The molecule has 0 aromatic rings. The van der Waals surface area contributed by atoms with E-state index in [1.807, 2.05) is 0 Å². The summed E-state index contributed by atoms with van der Waals surface area (Å²) in [4.78, 5) is 27.5. The van der Waals surface area contributed by atoms with Gasteiger partial charge in [0, 0.05) is 39.3 Å². The third kappa shape index (κ3) is 1.85. The molecule has 0 saturated heterocycles. The topological polar surface area (TPSA) is 40.6 Å². The van der Waals surface area contributed by atoms with Crippen molar-refractivity contribution in [3.8, 4) is 0 Å². The molecule has 0 radical (unpaired) electrons. The molecule has 94 valence electrons. The van der Waals surface area contributed by atoms with E-state index < -0.39 is 0 Å². The van der Waals surface area contributed by atoms with Crippen molar-refractivity contribution in [2.45, 2.75) is 19.3 Å². The molecule has 2 atom stereocenters. The summed E-state index contributed by atoms with van der Waals surface area (Å²) in [7, 11) is 7.00. The van der Waals surface area contributed by atoms with Gasteiger partial charge in [0.25, 0.3) is 0 Å². The van der Waals surface area contributed by atoms with Gasteiger partial charge in [0.2, 0.25) is 11.8 Å². The van der Waals surface area contributed by atoms with Crippen LogP contribution in [0.2, 0.25) is 0 Å². The van der Waals surface area contributed by atoms with Crippen molar-refractivity contribution in [1.29, 1.82) is 0 Å². The minimum absolute atomic E-state index is 0.0161. The fourth-order valence-electron chi connectivity index (χ4n) is 3.01. The number of likely N-dealkylation sites (N-methyl/N-ethyl adjacent to an activating group) is 2. The second kappa shape index (κ2) is 4.17. The van der Waals surface area contributed by atoms with Crippen molar-refractivity contribution in [3.05, 3.63) is 11.1 Å². The van der Waals surface area contributed by atoms with Gasteiger partial charge in [-0.3, -0.25) is 9.59 Å². The Balaban J connectivity index is 2.41. The molecule has 0 N–H and O–H groups in total. The lowest BCUT2D eigenvalue weighted by molar-refractivity contribution is -0.128. The van der Waals surface area contributed by atoms with Crippen LogP contribution >= 0.6 is 0 Å². The van der Waals surface area contributed by atoms with Gasteiger partial charge in [-0.05, 0) is 31.1 Å². The van der Waals surface area contributed by atoms with Gasteiger partial charge in [0.05, 0.1) is 0 Å². The van der Waals surface area contributed by atoms with E-state index in [1.165, 1.54) is 0 Å². The first-order valence-electron chi connectivity index (χ1n) is 6.10. The highest BCUT2D eigenvalue weighted by Gasteiger charge is 2.45. The molecule has 2 bridgehead atoms. The van der Waals surface area contributed by atoms with Crippen LogP contribution in [0.1, 0.15) is 19.3 Å². The molecule has 2 aliphatic carbocycles. The van der Waals surface area contributed by atoms with Crippen LogP contribution in [-0.2, 0) is 9.59 Å². The molecule has 2 rings (SSSR count). The smallest absolute Gasteiger partial charge is 0.250 e. The fourth-order valence-corrected chi connectivity index (χ4v) is 3.01. The molecular formula is C13H20N2O2. The first-order chi connectivity index (χ1) is 7.93. The van der Waals surface area contributed by atoms with Crippen molar-refractivity contribution in [2.24, 2.45) is 11.8 Å². The van der Waals surface area contributed by atoms with Gasteiger partial charge in [0.1, 0.15) is 0 Å². The minimum Gasteiger partial charge on any atom is -0.345 e. The van der Waals surface area contributed by atoms with E-state index in [0.717, 1.165) is 30.4 Å². The third-order valence-electron chi connectivity index (χ3n) is 3.81. The number of amides is 2. The molecule has 0 spiro atoms. The van der Waals surface area contributed by atoms with Gasteiger partial charge in [-0.15, -0.1) is 0 Å². The number of fused-ring (bicyclic) bond motifs is 2. The number of hydrogen-bond donors (Lipinski definition) is 0. The van der Waals surface area contributed by atoms with Crippen LogP contribution in [0.3, 0.4) is 0 Å². The Labute approximate surface area is 102 Å². The molecule has 4 heteroatoms. The number of nitrogens with zero attached hydrogens (tertiary/aromatic N) is 2. The molecule has 1 fully saturated rings. The molecule has 2 unspecified atom stereocenters. The van der Waals surface area contributed by atoms with E-state index >= 15 is 0 Å². The maximum absolute atomic E-state index is 12.2. The predicted molar refractivity (Wildman–Crippen MR) is 65.2 cm³/mol. The third-order valence-corrected chi connectivity index (χ3v) is 3.81. The minimum atomic E-state index is 0.0161. The molecule has 0 aromatic heterocycles. The summed E-state index contributed by atoms with van der Waals surface area (Å²) in [6, 6.07) is 0. The van der Waals surface area contributed by atoms with Crippen molar-refractivity contribution >= 4 is 11.8 Å². The average Bonchev–Trinajstić information content (AvgIpc) is 2.85. The van der Waals surface area contributed by atoms with Crippen molar-refractivity contribution < 1.29 is 9.59 Å². The Morgan fingerprint density at radius 1 is 0.882 bits per heavy atom. The molecule has 17 heavy (non-hydrogen) atoms. The second-order valence-corrected chi connectivity index (χ2v) is 5.43. The fraction of sp³-hybridized carbons (Fsp3) is 0.692. The van der Waals surface area contributed by atoms with Gasteiger partial charge >= 0.3 is 0 Å². The highest BCUT2D eigenvalue weighted by Crippen LogP contribution is 2.49. The van der Waals surface area contributed by atoms with Crippen molar-refractivity contribution in [3.63, 3.8) is 0 Å². The Hall–Kier alpha value is -1.32. The number of carbonyl (C=O) groups excluding carboxylic acids is 2. The maximum Gasteiger partial charge on any atom is 0.250 e. The first-order valence-corrected chi connectivity index (χ1v) is 6.10. The van der Waals surface area contributed by atoms with Gasteiger partial charge in [-0.25, -0.2) is 0 Å². The molecule has 2 aliphatic rings. The van der Waals surface area contributed by atoms with E-state index in [9.17, 15) is 9.59 Å². The summed E-state index contributed by atoms with van der Waals surface area (Å²) >= 11 is 0. The van der Waals surface area contributed by atoms with E-state index in [0.29, 0.717) is 11.8 Å². The average molecular weight is 236 g/mol. The number of rotatable bonds is 2. The zero-order valence-electron chi connectivity index (χ0n) is 11.0. The molecule has 0 aromatic carbocycles. The summed E-state index contributed by atoms with van der Waals surface area (Å²) in [5.74, 6) is 0.660. The summed E-state index contributed by atoms with van der Waals surface area (Å²) in [5.41, 5.74) is 1.56. The normalized spacial score (nSPS) is 26.4. The van der Waals surface area contributed by atoms with Crippen LogP contribution in [0.5, 0.6) is 0 Å². The number of carbonyl (C=O) groups is 2. The first kappa shape index (κ1) is 12.1. The number of hydrogen-bond acceptors (Lipinski definition) is 2. The van der Waals surface area contributed by atoms with E-state index in [4.69, 9.17) is 0 Å². The van der Waals surface area contributed by atoms with Crippen LogP contribution in [0.4, 0.5) is 0 Å². The van der Waals surface area contributed by atoms with Gasteiger partial charge in [-0.1, -0.05) is 0 Å². The lowest BCUT2D eigenvalue weighted by atomic mass is 9.90. The van der Waals surface area contributed by atoms with Crippen LogP contribution in [0, 0.1) is 11.8 Å². The van der Waals surface area contributed by atoms with Crippen LogP contribution in [-0.4, -0.2) is 49.8 Å². The highest BCUT2D eigenvalue weighted by atomic mass is 16.2. The quantitative estimate of drug-likeness (QED) is 0.714. The van der Waals surface area contributed by atoms with Gasteiger partial charge in [0.15, 0.2) is 0 Å². The van der Waals surface area contributed by atoms with Crippen LogP contribution in [0.25, 0.3) is 0 Å². The van der Waals surface area contributed by atoms with Crippen molar-refractivity contribution in [2.75, 3.05) is 28.2 Å². The predicted octanol–water partition coefficient (Wildman–Crippen LogP) is 0.889. The zero-order chi connectivity index (χ0) is 12.7. The zero-order valence-corrected chi connectivity index (χ0v) is 11.0. The molecule has 2 amide bonds. The van der Waals surface area contributed by atoms with Crippen LogP contribution in [0.15, 0.2) is 11.1 Å². The van der Waals surface area contributed by atoms with Crippen molar-refractivity contribution in [1.82, 2.24) is 9.80 Å². The van der Waals surface area contributed by atoms with Crippen LogP contribution < -0.4 is 0 Å². The van der Waals surface area contributed by atoms with E-state index in [1.54, 1.807) is 38.0 Å². The van der Waals surface area contributed by atoms with Gasteiger partial charge in [-0.2, -0.15) is 0 Å². The Kier molecular flexibility index (Phi) is 2.98.